The van der Waals surface area contributed by atoms with Gasteiger partial charge in [0.1, 0.15) is 22.5 Å². The first-order valence-corrected chi connectivity index (χ1v) is 15.4. The molecule has 3 N–H and O–H groups in total. The summed E-state index contributed by atoms with van der Waals surface area (Å²) in [5.74, 6) is -0.789. The fraction of sp³-hybridized carbons (Fsp3) is 0.297. The third kappa shape index (κ3) is 7.95. The molecule has 0 spiro atoms. The second kappa shape index (κ2) is 14.2. The summed E-state index contributed by atoms with van der Waals surface area (Å²) in [6.45, 7) is 14.7. The van der Waals surface area contributed by atoms with Gasteiger partial charge in [0.25, 0.3) is 0 Å². The molecule has 234 valence electrons. The molecular weight excluding hydrogens is 562 g/mol. The van der Waals surface area contributed by atoms with E-state index in [1.165, 1.54) is 5.56 Å². The lowest BCUT2D eigenvalue weighted by Gasteiger charge is -2.23. The number of nitrogens with zero attached hydrogens (tertiary/aromatic N) is 3. The number of aryl methyl sites for hydroxylation is 2. The predicted octanol–water partition coefficient (Wildman–Crippen LogP) is 8.07. The summed E-state index contributed by atoms with van der Waals surface area (Å²) in [5, 5.41) is 25.2. The zero-order chi connectivity index (χ0) is 32.7. The second-order valence-electron chi connectivity index (χ2n) is 12.2. The van der Waals surface area contributed by atoms with Gasteiger partial charge in [-0.2, -0.15) is 0 Å². The maximum atomic E-state index is 12.0. The molecule has 2 amide bonds. The van der Waals surface area contributed by atoms with Gasteiger partial charge in [0, 0.05) is 11.4 Å². The Bertz CT molecular complexity index is 1770. The quantitative estimate of drug-likeness (QED) is 0.170. The maximum absolute atomic E-state index is 12.0. The number of fused-ring (bicyclic) bond motifs is 1. The van der Waals surface area contributed by atoms with Gasteiger partial charge in [-0.15, -0.1) is 15.0 Å². The number of anilines is 2. The van der Waals surface area contributed by atoms with Crippen LogP contribution in [0.25, 0.3) is 16.7 Å². The van der Waals surface area contributed by atoms with Gasteiger partial charge in [0.15, 0.2) is 0 Å². The highest BCUT2D eigenvalue weighted by molar-refractivity contribution is 6.43. The van der Waals surface area contributed by atoms with Gasteiger partial charge in [-0.25, -0.2) is 0 Å². The minimum atomic E-state index is -0.671. The molecule has 0 bridgehead atoms. The Morgan fingerprint density at radius 3 is 1.91 bits per heavy atom. The van der Waals surface area contributed by atoms with Crippen molar-refractivity contribution in [3.05, 3.63) is 107 Å². The molecule has 8 heteroatoms. The number of phenolic OH excluding ortho intramolecular Hbond substituents is 1. The number of carbonyl (C=O) groups excluding carboxylic acids is 2. The highest BCUT2D eigenvalue weighted by atomic mass is 16.3. The first-order valence-electron chi connectivity index (χ1n) is 15.4. The second-order valence-corrected chi connectivity index (χ2v) is 12.2. The molecule has 45 heavy (non-hydrogen) atoms. The molecule has 0 fully saturated rings. The molecule has 0 aliphatic rings. The summed E-state index contributed by atoms with van der Waals surface area (Å²) in [7, 11) is 0. The summed E-state index contributed by atoms with van der Waals surface area (Å²) in [5.41, 5.74) is 7.62. The number of aromatic hydroxyl groups is 1. The Hall–Kier alpha value is -4.98. The molecule has 0 saturated carbocycles. The van der Waals surface area contributed by atoms with E-state index in [1.807, 2.05) is 80.6 Å². The van der Waals surface area contributed by atoms with Crippen LogP contribution in [0.2, 0.25) is 0 Å². The van der Waals surface area contributed by atoms with E-state index < -0.39 is 11.8 Å². The van der Waals surface area contributed by atoms with Crippen LogP contribution in [0.3, 0.4) is 0 Å². The molecule has 1 atom stereocenters. The van der Waals surface area contributed by atoms with Crippen molar-refractivity contribution in [2.24, 2.45) is 0 Å². The lowest BCUT2D eigenvalue weighted by Crippen LogP contribution is -2.29. The zero-order valence-electron chi connectivity index (χ0n) is 27.2. The van der Waals surface area contributed by atoms with Crippen LogP contribution < -0.4 is 10.6 Å². The van der Waals surface area contributed by atoms with Crippen LogP contribution in [0, 0.1) is 6.92 Å². The molecule has 0 radical (unpaired) electrons. The molecule has 0 aliphatic carbocycles. The van der Waals surface area contributed by atoms with Crippen molar-refractivity contribution in [3.8, 4) is 11.4 Å². The van der Waals surface area contributed by atoms with Crippen molar-refractivity contribution in [3.63, 3.8) is 0 Å². The molecular formula is C37H43N5O3. The third-order valence-electron chi connectivity index (χ3n) is 7.88. The normalized spacial score (nSPS) is 11.8. The van der Waals surface area contributed by atoms with Crippen molar-refractivity contribution in [2.75, 3.05) is 10.6 Å². The Labute approximate surface area is 265 Å². The lowest BCUT2D eigenvalue weighted by atomic mass is 9.83. The minimum Gasteiger partial charge on any atom is -0.505 e. The number of aromatic nitrogens is 3. The molecule has 0 saturated heterocycles. The van der Waals surface area contributed by atoms with E-state index in [1.54, 1.807) is 16.9 Å². The van der Waals surface area contributed by atoms with Crippen LogP contribution in [0.5, 0.6) is 5.75 Å². The van der Waals surface area contributed by atoms with Crippen LogP contribution in [-0.4, -0.2) is 31.9 Å². The summed E-state index contributed by atoms with van der Waals surface area (Å²) < 4.78 is 0. The van der Waals surface area contributed by atoms with E-state index in [4.69, 9.17) is 0 Å². The van der Waals surface area contributed by atoms with Crippen molar-refractivity contribution >= 4 is 34.2 Å². The molecule has 1 unspecified atom stereocenters. The van der Waals surface area contributed by atoms with Gasteiger partial charge in [0.2, 0.25) is 0 Å². The van der Waals surface area contributed by atoms with Gasteiger partial charge < -0.3 is 15.7 Å². The molecule has 1 aromatic heterocycles. The van der Waals surface area contributed by atoms with E-state index in [0.717, 1.165) is 40.6 Å². The van der Waals surface area contributed by atoms with Crippen LogP contribution >= 0.6 is 0 Å². The number of phenols is 1. The molecule has 0 aliphatic heterocycles. The smallest absolute Gasteiger partial charge is 0.314 e. The Morgan fingerprint density at radius 2 is 1.36 bits per heavy atom. The van der Waals surface area contributed by atoms with Crippen LogP contribution in [0.15, 0.2) is 84.9 Å². The molecule has 5 aromatic rings. The number of hydrogen-bond donors (Lipinski definition) is 3. The first kappa shape index (κ1) is 32.9. The van der Waals surface area contributed by atoms with Crippen LogP contribution in [0.4, 0.5) is 11.4 Å². The van der Waals surface area contributed by atoms with Crippen molar-refractivity contribution in [1.29, 1.82) is 0 Å². The van der Waals surface area contributed by atoms with Gasteiger partial charge in [-0.05, 0) is 83.7 Å². The van der Waals surface area contributed by atoms with E-state index in [-0.39, 0.29) is 17.1 Å². The largest absolute Gasteiger partial charge is 0.505 e. The summed E-state index contributed by atoms with van der Waals surface area (Å²) in [4.78, 5) is 25.5. The topological polar surface area (TPSA) is 109 Å². The number of hydrogen-bond acceptors (Lipinski definition) is 5. The number of para-hydroxylation sites is 2. The van der Waals surface area contributed by atoms with Crippen molar-refractivity contribution in [2.45, 2.75) is 72.6 Å². The first-order chi connectivity index (χ1) is 21.4. The van der Waals surface area contributed by atoms with E-state index >= 15 is 0 Å². The molecule has 1 heterocycles. The Kier molecular flexibility index (Phi) is 10.4. The number of benzene rings is 4. The monoisotopic (exact) mass is 605 g/mol. The van der Waals surface area contributed by atoms with Gasteiger partial charge in [-0.1, -0.05) is 96.1 Å². The van der Waals surface area contributed by atoms with Gasteiger partial charge in [-0.3, -0.25) is 9.59 Å². The third-order valence-corrected chi connectivity index (χ3v) is 7.88. The van der Waals surface area contributed by atoms with E-state index in [9.17, 15) is 14.7 Å². The molecule has 4 aromatic carbocycles. The fourth-order valence-electron chi connectivity index (χ4n) is 4.81. The van der Waals surface area contributed by atoms with Crippen LogP contribution in [-0.2, 0) is 21.4 Å². The number of rotatable bonds is 6. The summed E-state index contributed by atoms with van der Waals surface area (Å²) in [6, 6.07) is 26.6. The SMILES string of the molecule is CCC(C)c1cc(C(C)(C)C)cc(-n2nc3ccccc3n2)c1O.CCc1ccccc1NC(=O)C(=O)Nc1ccccc1C. The number of amides is 2. The minimum absolute atomic E-state index is 0.0166. The molecule has 8 nitrogen and oxygen atoms in total. The average Bonchev–Trinajstić information content (AvgIpc) is 3.46. The van der Waals surface area contributed by atoms with Crippen LogP contribution in [0.1, 0.15) is 76.1 Å². The average molecular weight is 606 g/mol. The molecule has 5 rings (SSSR count). The lowest BCUT2D eigenvalue weighted by molar-refractivity contribution is -0.133. The summed E-state index contributed by atoms with van der Waals surface area (Å²) >= 11 is 0. The predicted molar refractivity (Wildman–Crippen MR) is 182 cm³/mol. The highest BCUT2D eigenvalue weighted by Gasteiger charge is 2.23. The van der Waals surface area contributed by atoms with E-state index in [2.05, 4.69) is 61.5 Å². The fourth-order valence-corrected chi connectivity index (χ4v) is 4.81. The summed E-state index contributed by atoms with van der Waals surface area (Å²) in [6.07, 6.45) is 1.75. The highest BCUT2D eigenvalue weighted by Crippen LogP contribution is 2.37. The standard InChI is InChI=1S/C20H25N3O.C17H18N2O2/c1-6-13(2)15-11-14(20(3,4)5)12-18(19(15)24)23-21-16-9-7-8-10-17(16)22-23;1-3-13-9-5-7-11-15(13)19-17(21)16(20)18-14-10-6-4-8-12(14)2/h7-13,24H,6H2,1-5H3;4-11H,3H2,1-2H3,(H,18,20)(H,19,21). The Morgan fingerprint density at radius 1 is 0.822 bits per heavy atom. The van der Waals surface area contributed by atoms with Crippen molar-refractivity contribution < 1.29 is 14.7 Å². The van der Waals surface area contributed by atoms with E-state index in [0.29, 0.717) is 17.1 Å². The number of nitrogens with one attached hydrogen (secondary N) is 2. The Balaban J connectivity index is 0.000000207. The zero-order valence-corrected chi connectivity index (χ0v) is 27.2. The van der Waals surface area contributed by atoms with Gasteiger partial charge in [0.05, 0.1) is 0 Å². The maximum Gasteiger partial charge on any atom is 0.314 e. The van der Waals surface area contributed by atoms with Crippen molar-refractivity contribution in [1.82, 2.24) is 15.0 Å². The number of carbonyl (C=O) groups is 2. The van der Waals surface area contributed by atoms with Gasteiger partial charge >= 0.3 is 11.8 Å².